The maximum atomic E-state index is 10.2. The van der Waals surface area contributed by atoms with Gasteiger partial charge in [0.05, 0.1) is 6.42 Å². The van der Waals surface area contributed by atoms with E-state index < -0.39 is 5.97 Å². The van der Waals surface area contributed by atoms with Crippen molar-refractivity contribution in [3.63, 3.8) is 0 Å². The van der Waals surface area contributed by atoms with E-state index in [1.54, 1.807) is 18.2 Å². The number of carboxylic acids is 1. The van der Waals surface area contributed by atoms with Gasteiger partial charge in [0.15, 0.2) is 0 Å². The average molecular weight is 150 g/mol. The van der Waals surface area contributed by atoms with Crippen molar-refractivity contribution < 1.29 is 9.90 Å². The summed E-state index contributed by atoms with van der Waals surface area (Å²) < 4.78 is 0. The molecule has 1 aromatic rings. The summed E-state index contributed by atoms with van der Waals surface area (Å²) in [4.78, 5) is 10.2. The molecule has 0 amide bonds. The van der Waals surface area contributed by atoms with Crippen molar-refractivity contribution >= 4 is 11.7 Å². The van der Waals surface area contributed by atoms with Gasteiger partial charge in [-0.05, 0) is 11.6 Å². The largest absolute Gasteiger partial charge is 0.481 e. The molecule has 1 rings (SSSR count). The Hall–Kier alpha value is -1.51. The Balaban J connectivity index is 2.79. The van der Waals surface area contributed by atoms with Crippen LogP contribution in [0.3, 0.4) is 0 Å². The third-order valence-electron chi connectivity index (χ3n) is 1.24. The molecule has 1 aromatic carbocycles. The molecule has 57 valence electrons. The average Bonchev–Trinajstić information content (AvgIpc) is 1.85. The van der Waals surface area contributed by atoms with Gasteiger partial charge in [-0.1, -0.05) is 12.1 Å². The zero-order chi connectivity index (χ0) is 8.27. The van der Waals surface area contributed by atoms with E-state index >= 15 is 0 Å². The molecule has 0 bridgehead atoms. The van der Waals surface area contributed by atoms with Gasteiger partial charge < -0.3 is 10.8 Å². The Kier molecular flexibility index (Phi) is 2.11. The van der Waals surface area contributed by atoms with Crippen molar-refractivity contribution in [2.24, 2.45) is 0 Å². The summed E-state index contributed by atoms with van der Waals surface area (Å²) in [5.41, 5.74) is 6.56. The van der Waals surface area contributed by atoms with Crippen LogP contribution in [-0.4, -0.2) is 11.1 Å². The van der Waals surface area contributed by atoms with Crippen molar-refractivity contribution in [3.8, 4) is 0 Å². The predicted molar refractivity (Wildman–Crippen MR) is 41.0 cm³/mol. The quantitative estimate of drug-likeness (QED) is 0.610. The lowest BCUT2D eigenvalue weighted by Crippen LogP contribution is -2.00. The molecule has 3 nitrogen and oxygen atoms in total. The predicted octanol–water partition coefficient (Wildman–Crippen LogP) is 0.696. The van der Waals surface area contributed by atoms with Crippen LogP contribution in [0.2, 0.25) is 0 Å². The number of carbonyl (C=O) groups is 1. The molecule has 0 spiro atoms. The minimum atomic E-state index is -0.851. The highest BCUT2D eigenvalue weighted by atomic mass is 16.4. The zero-order valence-corrected chi connectivity index (χ0v) is 5.87. The van der Waals surface area contributed by atoms with E-state index in [1.165, 1.54) is 0 Å². The number of aliphatic carboxylic acids is 1. The fourth-order valence-corrected chi connectivity index (χ4v) is 0.819. The Morgan fingerprint density at radius 3 is 3.00 bits per heavy atom. The lowest BCUT2D eigenvalue weighted by Gasteiger charge is -1.96. The second-order valence-electron chi connectivity index (χ2n) is 2.22. The van der Waals surface area contributed by atoms with E-state index in [9.17, 15) is 4.79 Å². The molecule has 3 N–H and O–H groups in total. The Morgan fingerprint density at radius 1 is 1.73 bits per heavy atom. The number of hydrogen-bond acceptors (Lipinski definition) is 2. The minimum Gasteiger partial charge on any atom is -0.481 e. The fraction of sp³-hybridized carbons (Fsp3) is 0.125. The van der Waals surface area contributed by atoms with E-state index in [0.29, 0.717) is 11.3 Å². The van der Waals surface area contributed by atoms with Crippen LogP contribution < -0.4 is 5.73 Å². The summed E-state index contributed by atoms with van der Waals surface area (Å²) in [7, 11) is 0. The number of anilines is 1. The second-order valence-corrected chi connectivity index (χ2v) is 2.22. The highest BCUT2D eigenvalue weighted by molar-refractivity contribution is 5.70. The van der Waals surface area contributed by atoms with Crippen molar-refractivity contribution in [3.05, 3.63) is 29.8 Å². The molecular weight excluding hydrogens is 142 g/mol. The van der Waals surface area contributed by atoms with E-state index in [-0.39, 0.29) is 6.42 Å². The van der Waals surface area contributed by atoms with E-state index in [0.717, 1.165) is 0 Å². The van der Waals surface area contributed by atoms with Gasteiger partial charge in [0.1, 0.15) is 0 Å². The first kappa shape index (κ1) is 7.60. The molecule has 0 aliphatic rings. The fourth-order valence-electron chi connectivity index (χ4n) is 0.819. The highest BCUT2D eigenvalue weighted by Gasteiger charge is 1.98. The van der Waals surface area contributed by atoms with Gasteiger partial charge in [-0.15, -0.1) is 0 Å². The van der Waals surface area contributed by atoms with E-state index in [1.807, 2.05) is 0 Å². The molecule has 3 heteroatoms. The van der Waals surface area contributed by atoms with Crippen molar-refractivity contribution in [2.75, 3.05) is 5.73 Å². The molecule has 0 saturated carbocycles. The molecule has 0 unspecified atom stereocenters. The number of nitrogen functional groups attached to an aromatic ring is 1. The van der Waals surface area contributed by atoms with Crippen LogP contribution in [0.25, 0.3) is 0 Å². The summed E-state index contributed by atoms with van der Waals surface area (Å²) in [6, 6.07) is 7.64. The minimum absolute atomic E-state index is 0.0128. The SMILES string of the molecule is Nc1[c]ccc(CC(=O)O)c1. The van der Waals surface area contributed by atoms with Crippen molar-refractivity contribution in [2.45, 2.75) is 6.42 Å². The zero-order valence-electron chi connectivity index (χ0n) is 5.87. The topological polar surface area (TPSA) is 63.3 Å². The molecule has 0 aliphatic carbocycles. The third-order valence-corrected chi connectivity index (χ3v) is 1.24. The first-order chi connectivity index (χ1) is 5.18. The first-order valence-electron chi connectivity index (χ1n) is 3.16. The number of carboxylic acid groups (broad SMARTS) is 1. The van der Waals surface area contributed by atoms with Crippen molar-refractivity contribution in [1.29, 1.82) is 0 Å². The number of rotatable bonds is 2. The molecule has 0 aliphatic heterocycles. The first-order valence-corrected chi connectivity index (χ1v) is 3.16. The van der Waals surface area contributed by atoms with E-state index in [2.05, 4.69) is 6.07 Å². The summed E-state index contributed by atoms with van der Waals surface area (Å²) in [5, 5.41) is 8.41. The van der Waals surface area contributed by atoms with Gasteiger partial charge in [0.2, 0.25) is 0 Å². The molecule has 0 atom stereocenters. The molecule has 0 saturated heterocycles. The number of nitrogens with two attached hydrogens (primary N) is 1. The second kappa shape index (κ2) is 3.05. The Bertz CT molecular complexity index is 271. The summed E-state index contributed by atoms with van der Waals surface area (Å²) in [5.74, 6) is -0.851. The third kappa shape index (κ3) is 2.29. The van der Waals surface area contributed by atoms with Crippen LogP contribution in [0.15, 0.2) is 18.2 Å². The van der Waals surface area contributed by atoms with Crippen LogP contribution in [0.1, 0.15) is 5.56 Å². The smallest absolute Gasteiger partial charge is 0.307 e. The summed E-state index contributed by atoms with van der Waals surface area (Å²) in [6.07, 6.45) is 0.0128. The Morgan fingerprint density at radius 2 is 2.45 bits per heavy atom. The van der Waals surface area contributed by atoms with Crippen molar-refractivity contribution in [1.82, 2.24) is 0 Å². The molecule has 1 radical (unpaired) electrons. The van der Waals surface area contributed by atoms with Gasteiger partial charge in [-0.2, -0.15) is 0 Å². The molecule has 0 heterocycles. The van der Waals surface area contributed by atoms with Crippen LogP contribution in [-0.2, 0) is 11.2 Å². The lowest BCUT2D eigenvalue weighted by molar-refractivity contribution is -0.136. The molecule has 11 heavy (non-hydrogen) atoms. The van der Waals surface area contributed by atoms with Gasteiger partial charge in [-0.25, -0.2) is 0 Å². The highest BCUT2D eigenvalue weighted by Crippen LogP contribution is 2.05. The summed E-state index contributed by atoms with van der Waals surface area (Å²) in [6.45, 7) is 0. The maximum Gasteiger partial charge on any atom is 0.307 e. The molecular formula is C8H8NO2. The Labute approximate surface area is 64.5 Å². The monoisotopic (exact) mass is 150 g/mol. The molecule has 0 fully saturated rings. The number of hydrogen-bond donors (Lipinski definition) is 2. The molecule has 0 aromatic heterocycles. The van der Waals surface area contributed by atoms with Crippen LogP contribution in [0, 0.1) is 6.07 Å². The summed E-state index contributed by atoms with van der Waals surface area (Å²) >= 11 is 0. The van der Waals surface area contributed by atoms with E-state index in [4.69, 9.17) is 10.8 Å². The number of benzene rings is 1. The van der Waals surface area contributed by atoms with Crippen LogP contribution in [0.4, 0.5) is 5.69 Å². The van der Waals surface area contributed by atoms with Gasteiger partial charge in [0.25, 0.3) is 0 Å². The maximum absolute atomic E-state index is 10.2. The van der Waals surface area contributed by atoms with Crippen LogP contribution in [0.5, 0.6) is 0 Å². The van der Waals surface area contributed by atoms with Gasteiger partial charge in [-0.3, -0.25) is 4.79 Å². The lowest BCUT2D eigenvalue weighted by atomic mass is 10.1. The van der Waals surface area contributed by atoms with Gasteiger partial charge >= 0.3 is 5.97 Å². The standard InChI is InChI=1S/C8H8NO2/c9-7-3-1-2-6(4-7)5-8(10)11/h1-2,4H,5,9H2,(H,10,11). The van der Waals surface area contributed by atoms with Gasteiger partial charge in [0, 0.05) is 11.8 Å². The normalized spacial score (nSPS) is 9.45. The van der Waals surface area contributed by atoms with Crippen LogP contribution >= 0.6 is 0 Å².